The van der Waals surface area contributed by atoms with Crippen LogP contribution < -0.4 is 0 Å². The first-order valence-electron chi connectivity index (χ1n) is 5.43. The lowest BCUT2D eigenvalue weighted by Gasteiger charge is -2.30. The Labute approximate surface area is 88.2 Å². The summed E-state index contributed by atoms with van der Waals surface area (Å²) in [6.07, 6.45) is 4.59. The summed E-state index contributed by atoms with van der Waals surface area (Å²) in [6, 6.07) is 0. The minimum Gasteiger partial charge on any atom is -0.431 e. The van der Waals surface area contributed by atoms with E-state index in [0.29, 0.717) is 6.42 Å². The molecule has 1 saturated carbocycles. The smallest absolute Gasteiger partial charge is 0.338 e. The van der Waals surface area contributed by atoms with Crippen molar-refractivity contribution >= 4 is 5.97 Å². The molecular weight excluding hydrogens is 200 g/mol. The lowest BCUT2D eigenvalue weighted by molar-refractivity contribution is -0.248. The highest BCUT2D eigenvalue weighted by molar-refractivity contribution is 5.76. The molecule has 1 unspecified atom stereocenters. The molecule has 2 fully saturated rings. The van der Waals surface area contributed by atoms with Crippen LogP contribution in [-0.2, 0) is 19.2 Å². The molecule has 1 atom stereocenters. The molecule has 2 aliphatic rings. The number of rotatable bonds is 3. The van der Waals surface area contributed by atoms with E-state index >= 15 is 0 Å². The van der Waals surface area contributed by atoms with Crippen molar-refractivity contribution in [1.82, 2.24) is 0 Å². The molecule has 0 aromatic carbocycles. The summed E-state index contributed by atoms with van der Waals surface area (Å²) in [5, 5.41) is 8.21. The molecule has 5 nitrogen and oxygen atoms in total. The number of esters is 1. The zero-order chi connectivity index (χ0) is 10.7. The first-order chi connectivity index (χ1) is 7.26. The van der Waals surface area contributed by atoms with Crippen LogP contribution in [0, 0.1) is 0 Å². The van der Waals surface area contributed by atoms with Gasteiger partial charge in [-0.3, -0.25) is 5.26 Å². The Morgan fingerprint density at radius 3 is 2.80 bits per heavy atom. The lowest BCUT2D eigenvalue weighted by Crippen LogP contribution is -2.33. The minimum absolute atomic E-state index is 0.0931. The van der Waals surface area contributed by atoms with Crippen molar-refractivity contribution in [3.8, 4) is 0 Å². The van der Waals surface area contributed by atoms with Gasteiger partial charge in [-0.2, -0.15) is 0 Å². The monoisotopic (exact) mass is 216 g/mol. The van der Waals surface area contributed by atoms with E-state index in [4.69, 9.17) is 14.7 Å². The van der Waals surface area contributed by atoms with Crippen LogP contribution in [0.25, 0.3) is 0 Å². The van der Waals surface area contributed by atoms with Gasteiger partial charge in [0.1, 0.15) is 0 Å². The lowest BCUT2D eigenvalue weighted by atomic mass is 9.94. The Morgan fingerprint density at radius 2 is 2.13 bits per heavy atom. The molecule has 1 saturated heterocycles. The third-order valence-corrected chi connectivity index (χ3v) is 2.99. The molecule has 1 aliphatic carbocycles. The number of carbonyl (C=O) groups excluding carboxylic acids is 1. The SMILES string of the molecule is O=C1OC2(CCCCC2)OC1CCOO. The van der Waals surface area contributed by atoms with E-state index in [1.54, 1.807) is 0 Å². The van der Waals surface area contributed by atoms with Gasteiger partial charge in [0.2, 0.25) is 5.79 Å². The van der Waals surface area contributed by atoms with Crippen molar-refractivity contribution < 1.29 is 24.4 Å². The van der Waals surface area contributed by atoms with Gasteiger partial charge in [0.15, 0.2) is 6.10 Å². The maximum absolute atomic E-state index is 11.5. The molecule has 0 radical (unpaired) electrons. The first-order valence-corrected chi connectivity index (χ1v) is 5.43. The predicted octanol–water partition coefficient (Wildman–Crippen LogP) is 1.47. The first kappa shape index (κ1) is 10.9. The largest absolute Gasteiger partial charge is 0.431 e. The predicted molar refractivity (Wildman–Crippen MR) is 50.0 cm³/mol. The highest BCUT2D eigenvalue weighted by Gasteiger charge is 2.47. The van der Waals surface area contributed by atoms with Gasteiger partial charge in [0, 0.05) is 19.3 Å². The third kappa shape index (κ3) is 2.30. The Hall–Kier alpha value is -0.650. The summed E-state index contributed by atoms with van der Waals surface area (Å²) < 4.78 is 10.9. The van der Waals surface area contributed by atoms with Crippen LogP contribution in [0.3, 0.4) is 0 Å². The molecule has 15 heavy (non-hydrogen) atoms. The maximum atomic E-state index is 11.5. The van der Waals surface area contributed by atoms with Crippen LogP contribution in [-0.4, -0.2) is 29.7 Å². The van der Waals surface area contributed by atoms with Crippen molar-refractivity contribution in [2.24, 2.45) is 0 Å². The molecule has 0 bridgehead atoms. The van der Waals surface area contributed by atoms with E-state index in [-0.39, 0.29) is 12.6 Å². The van der Waals surface area contributed by atoms with Crippen molar-refractivity contribution in [1.29, 1.82) is 0 Å². The highest BCUT2D eigenvalue weighted by atomic mass is 17.1. The van der Waals surface area contributed by atoms with Crippen molar-refractivity contribution in [3.63, 3.8) is 0 Å². The van der Waals surface area contributed by atoms with Gasteiger partial charge in [-0.25, -0.2) is 9.68 Å². The van der Waals surface area contributed by atoms with Gasteiger partial charge in [-0.15, -0.1) is 0 Å². The Morgan fingerprint density at radius 1 is 1.40 bits per heavy atom. The van der Waals surface area contributed by atoms with Gasteiger partial charge in [-0.1, -0.05) is 6.42 Å². The summed E-state index contributed by atoms with van der Waals surface area (Å²) in [7, 11) is 0. The second kappa shape index (κ2) is 4.47. The van der Waals surface area contributed by atoms with Gasteiger partial charge >= 0.3 is 5.97 Å². The molecular formula is C10H16O5. The zero-order valence-electron chi connectivity index (χ0n) is 8.61. The average Bonchev–Trinajstić information content (AvgIpc) is 2.53. The van der Waals surface area contributed by atoms with E-state index < -0.39 is 11.9 Å². The van der Waals surface area contributed by atoms with E-state index in [1.807, 2.05) is 0 Å². The van der Waals surface area contributed by atoms with Crippen molar-refractivity contribution in [2.75, 3.05) is 6.61 Å². The summed E-state index contributed by atoms with van der Waals surface area (Å²) in [4.78, 5) is 15.4. The van der Waals surface area contributed by atoms with Crippen LogP contribution in [0.5, 0.6) is 0 Å². The third-order valence-electron chi connectivity index (χ3n) is 2.99. The Balaban J connectivity index is 1.92. The van der Waals surface area contributed by atoms with Crippen LogP contribution in [0.1, 0.15) is 38.5 Å². The van der Waals surface area contributed by atoms with Crippen molar-refractivity contribution in [2.45, 2.75) is 50.4 Å². The molecule has 1 N–H and O–H groups in total. The highest BCUT2D eigenvalue weighted by Crippen LogP contribution is 2.38. The van der Waals surface area contributed by atoms with Gasteiger partial charge < -0.3 is 9.47 Å². The van der Waals surface area contributed by atoms with E-state index in [9.17, 15) is 4.79 Å². The second-order valence-corrected chi connectivity index (χ2v) is 4.12. The van der Waals surface area contributed by atoms with Gasteiger partial charge in [-0.05, 0) is 12.8 Å². The molecule has 0 amide bonds. The molecule has 0 aromatic rings. The van der Waals surface area contributed by atoms with E-state index in [0.717, 1.165) is 25.7 Å². The molecule has 0 aromatic heterocycles. The Kier molecular flexibility index (Phi) is 3.23. The van der Waals surface area contributed by atoms with Gasteiger partial charge in [0.05, 0.1) is 6.61 Å². The molecule has 1 spiro atoms. The second-order valence-electron chi connectivity index (χ2n) is 4.12. The maximum Gasteiger partial charge on any atom is 0.338 e. The molecule has 1 aliphatic heterocycles. The fourth-order valence-corrected chi connectivity index (χ4v) is 2.23. The van der Waals surface area contributed by atoms with E-state index in [2.05, 4.69) is 4.89 Å². The summed E-state index contributed by atoms with van der Waals surface area (Å²) >= 11 is 0. The topological polar surface area (TPSA) is 65.0 Å². The number of hydrogen-bond acceptors (Lipinski definition) is 5. The molecule has 86 valence electrons. The number of ether oxygens (including phenoxy) is 2. The molecule has 5 heteroatoms. The number of carbonyl (C=O) groups is 1. The summed E-state index contributed by atoms with van der Waals surface area (Å²) in [5.74, 6) is -0.996. The Bertz CT molecular complexity index is 234. The standard InChI is InChI=1S/C10H16O5/c11-9-8(4-7-13-12)14-10(15-9)5-2-1-3-6-10/h8,12H,1-7H2. The summed E-state index contributed by atoms with van der Waals surface area (Å²) in [6.45, 7) is 0.0931. The normalized spacial score (nSPS) is 29.4. The fraction of sp³-hybridized carbons (Fsp3) is 0.900. The molecule has 2 rings (SSSR count). The summed E-state index contributed by atoms with van der Waals surface area (Å²) in [5.41, 5.74) is 0. The molecule has 1 heterocycles. The minimum atomic E-state index is -0.671. The van der Waals surface area contributed by atoms with Gasteiger partial charge in [0.25, 0.3) is 0 Å². The van der Waals surface area contributed by atoms with Crippen LogP contribution in [0.15, 0.2) is 0 Å². The van der Waals surface area contributed by atoms with Crippen LogP contribution in [0.2, 0.25) is 0 Å². The number of hydrogen-bond donors (Lipinski definition) is 1. The van der Waals surface area contributed by atoms with Crippen molar-refractivity contribution in [3.05, 3.63) is 0 Å². The zero-order valence-corrected chi connectivity index (χ0v) is 8.61. The quantitative estimate of drug-likeness (QED) is 0.439. The van der Waals surface area contributed by atoms with E-state index in [1.165, 1.54) is 6.42 Å². The fourth-order valence-electron chi connectivity index (χ4n) is 2.23. The van der Waals surface area contributed by atoms with Crippen LogP contribution in [0.4, 0.5) is 0 Å². The average molecular weight is 216 g/mol. The van der Waals surface area contributed by atoms with Crippen LogP contribution >= 0.6 is 0 Å².